The molecule has 5 amide bonds. The minimum absolute atomic E-state index is 0.0486. The number of aliphatic hydroxyl groups is 2. The molecular formula is C61H92N6O11S2. The quantitative estimate of drug-likeness (QED) is 0.0379. The number of amides is 5. The molecule has 1 unspecified atom stereocenters. The number of aliphatic hydroxyl groups excluding tert-OH is 2. The van der Waals surface area contributed by atoms with E-state index in [0.29, 0.717) is 36.9 Å². The summed E-state index contributed by atoms with van der Waals surface area (Å²) in [5.41, 5.74) is 2.11. The molecule has 1 aliphatic heterocycles. The van der Waals surface area contributed by atoms with Crippen molar-refractivity contribution in [3.05, 3.63) is 96.1 Å². The lowest BCUT2D eigenvalue weighted by Crippen LogP contribution is -2.60. The lowest BCUT2D eigenvalue weighted by atomic mass is 9.89. The van der Waals surface area contributed by atoms with Gasteiger partial charge in [0.15, 0.2) is 0 Å². The van der Waals surface area contributed by atoms with Crippen LogP contribution in [0.5, 0.6) is 0 Å². The molecular weight excluding hydrogens is 1060 g/mol. The molecule has 0 bridgehead atoms. The topological polar surface area (TPSA) is 200 Å². The Balaban J connectivity index is 1.18. The van der Waals surface area contributed by atoms with Crippen LogP contribution in [0.2, 0.25) is 0 Å². The van der Waals surface area contributed by atoms with Gasteiger partial charge in [-0.05, 0) is 85.8 Å². The molecule has 1 aliphatic carbocycles. The van der Waals surface area contributed by atoms with Gasteiger partial charge in [-0.3, -0.25) is 24.1 Å². The van der Waals surface area contributed by atoms with Crippen LogP contribution in [-0.2, 0) is 44.7 Å². The first-order valence-corrected chi connectivity index (χ1v) is 30.7. The average molecular weight is 1150 g/mol. The molecule has 80 heavy (non-hydrogen) atoms. The third-order valence-electron chi connectivity index (χ3n) is 16.1. The number of methoxy groups -OCH3 is 2. The average Bonchev–Trinajstić information content (AvgIpc) is 3.96. The van der Waals surface area contributed by atoms with Gasteiger partial charge in [-0.15, -0.1) is 0 Å². The van der Waals surface area contributed by atoms with Crippen LogP contribution in [0.1, 0.15) is 124 Å². The summed E-state index contributed by atoms with van der Waals surface area (Å²) in [5.74, 6) is -2.88. The predicted molar refractivity (Wildman–Crippen MR) is 316 cm³/mol. The molecule has 1 saturated heterocycles. The van der Waals surface area contributed by atoms with Crippen LogP contribution < -0.4 is 15.5 Å². The number of nitrogens with zero attached hydrogens (tertiary/aromatic N) is 4. The van der Waals surface area contributed by atoms with E-state index in [2.05, 4.69) is 22.8 Å². The van der Waals surface area contributed by atoms with Gasteiger partial charge in [0, 0.05) is 57.7 Å². The Hall–Kier alpha value is -4.89. The largest absolute Gasteiger partial charge is 0.445 e. The van der Waals surface area contributed by atoms with Crippen molar-refractivity contribution in [3.8, 4) is 0 Å². The van der Waals surface area contributed by atoms with Crippen molar-refractivity contribution in [2.75, 3.05) is 46.8 Å². The molecule has 2 fully saturated rings. The Morgan fingerprint density at radius 3 is 1.99 bits per heavy atom. The van der Waals surface area contributed by atoms with Gasteiger partial charge in [-0.25, -0.2) is 4.79 Å². The van der Waals surface area contributed by atoms with Crippen LogP contribution in [0.3, 0.4) is 0 Å². The maximum absolute atomic E-state index is 14.8. The molecule has 444 valence electrons. The molecule has 13 atom stereocenters. The van der Waals surface area contributed by atoms with Crippen molar-refractivity contribution in [2.45, 2.75) is 185 Å². The second-order valence-electron chi connectivity index (χ2n) is 22.4. The van der Waals surface area contributed by atoms with Crippen LogP contribution in [-0.4, -0.2) is 157 Å². The first-order chi connectivity index (χ1) is 38.1. The first kappa shape index (κ1) is 65.9. The van der Waals surface area contributed by atoms with E-state index in [0.717, 1.165) is 31.4 Å². The molecule has 1 heterocycles. The summed E-state index contributed by atoms with van der Waals surface area (Å²) in [5, 5.41) is 28.3. The number of anilines is 1. The molecule has 1 saturated carbocycles. The summed E-state index contributed by atoms with van der Waals surface area (Å²) in [6, 6.07) is 23.1. The fraction of sp³-hybridized carbons (Fsp3) is 0.623. The summed E-state index contributed by atoms with van der Waals surface area (Å²) in [7, 11) is 11.6. The van der Waals surface area contributed by atoms with Gasteiger partial charge in [-0.1, -0.05) is 150 Å². The smallest absolute Gasteiger partial charge is 0.410 e. The SMILES string of the molecule is CC[C@H](C)[C@@H]([C@@H](CC(=O)N1CCC[C@H]1[C@H](OC)[C@@H](C)C(=O)N[C@H](C)[C@@H](O)c1ccccc1)OC)N(C)C(=O)[C@@H](NC(=O)[C@H](C(C)C)N(C)C(=O)OCc1ccc(N(C)C(O)O[C@H]2CCCC[C@@H]2SSc2ccccc2)cc1)C(C)C. The Morgan fingerprint density at radius 1 is 0.750 bits per heavy atom. The summed E-state index contributed by atoms with van der Waals surface area (Å²) in [6.07, 6.45) is 1.76. The summed E-state index contributed by atoms with van der Waals surface area (Å²) in [4.78, 5) is 78.3. The van der Waals surface area contributed by atoms with Crippen LogP contribution in [0.4, 0.5) is 10.5 Å². The van der Waals surface area contributed by atoms with Gasteiger partial charge in [0.25, 0.3) is 0 Å². The number of carbonyl (C=O) groups is 5. The number of benzene rings is 3. The zero-order valence-corrected chi connectivity index (χ0v) is 51.1. The lowest BCUT2D eigenvalue weighted by Gasteiger charge is -2.41. The first-order valence-electron chi connectivity index (χ1n) is 28.5. The molecule has 4 N–H and O–H groups in total. The number of nitrogens with one attached hydrogen (secondary N) is 2. The molecule has 3 aromatic rings. The second kappa shape index (κ2) is 32.1. The zero-order valence-electron chi connectivity index (χ0n) is 49.5. The van der Waals surface area contributed by atoms with Crippen LogP contribution in [0.25, 0.3) is 0 Å². The molecule has 5 rings (SSSR count). The molecule has 17 nitrogen and oxygen atoms in total. The highest BCUT2D eigenvalue weighted by molar-refractivity contribution is 8.77. The van der Waals surface area contributed by atoms with E-state index in [1.807, 2.05) is 102 Å². The van der Waals surface area contributed by atoms with Crippen molar-refractivity contribution in [1.29, 1.82) is 0 Å². The van der Waals surface area contributed by atoms with Crippen molar-refractivity contribution < 1.29 is 53.1 Å². The van der Waals surface area contributed by atoms with Gasteiger partial charge < -0.3 is 54.5 Å². The van der Waals surface area contributed by atoms with Gasteiger partial charge >= 0.3 is 6.09 Å². The maximum Gasteiger partial charge on any atom is 0.410 e. The number of likely N-dealkylation sites (N-methyl/N-ethyl adjacent to an activating group) is 2. The van der Waals surface area contributed by atoms with Crippen molar-refractivity contribution in [3.63, 3.8) is 0 Å². The lowest BCUT2D eigenvalue weighted by molar-refractivity contribution is -0.148. The van der Waals surface area contributed by atoms with Gasteiger partial charge in [-0.2, -0.15) is 0 Å². The van der Waals surface area contributed by atoms with Gasteiger partial charge in [0.1, 0.15) is 18.7 Å². The fourth-order valence-electron chi connectivity index (χ4n) is 11.1. The standard InChI is InChI=1S/C61H92N6O11S2/c1-14-40(6)54(49(75-12)36-51(68)67-35-23-28-47(67)56(76-13)41(7)57(70)62-42(8)55(69)44-24-17-15-18-25-44)65(10)59(72)52(38(2)3)63-58(71)53(39(4)5)66(11)60(73)77-37-43-31-33-45(34-32-43)64(9)61(74)78-48-29-21-22-30-50(48)80-79-46-26-19-16-20-27-46/h15-20,24-27,31-34,38-42,47-50,52-56,61,69,74H,14,21-23,28-30,35-37H2,1-13H3,(H,62,70)(H,63,71)/t40-,41+,42+,47-,48-,49+,50-,52-,53-,54-,55+,56+,61?/m0/s1. The van der Waals surface area contributed by atoms with Crippen LogP contribution in [0.15, 0.2) is 89.8 Å². The summed E-state index contributed by atoms with van der Waals surface area (Å²) < 4.78 is 24.1. The van der Waals surface area contributed by atoms with Gasteiger partial charge in [0.2, 0.25) is 30.0 Å². The molecule has 0 spiro atoms. The third-order valence-corrected chi connectivity index (χ3v) is 19.0. The number of hydrogen-bond donors (Lipinski definition) is 4. The molecule has 19 heteroatoms. The normalized spacial score (nSPS) is 20.3. The number of rotatable bonds is 29. The highest BCUT2D eigenvalue weighted by Gasteiger charge is 2.44. The van der Waals surface area contributed by atoms with E-state index in [9.17, 15) is 34.2 Å². The predicted octanol–water partition coefficient (Wildman–Crippen LogP) is 9.06. The van der Waals surface area contributed by atoms with Crippen molar-refractivity contribution >= 4 is 57.0 Å². The van der Waals surface area contributed by atoms with Gasteiger partial charge in [0.05, 0.1) is 54.9 Å². The Morgan fingerprint density at radius 2 is 1.39 bits per heavy atom. The number of hydrogen-bond acceptors (Lipinski definition) is 14. The third kappa shape index (κ3) is 17.8. The van der Waals surface area contributed by atoms with E-state index in [4.69, 9.17) is 18.9 Å². The highest BCUT2D eigenvalue weighted by Crippen LogP contribution is 2.42. The van der Waals surface area contributed by atoms with Crippen LogP contribution >= 0.6 is 21.6 Å². The summed E-state index contributed by atoms with van der Waals surface area (Å²) in [6.45, 7) is 15.3. The van der Waals surface area contributed by atoms with Crippen molar-refractivity contribution in [2.24, 2.45) is 23.7 Å². The Labute approximate surface area is 484 Å². The summed E-state index contributed by atoms with van der Waals surface area (Å²) >= 11 is 0. The fourth-order valence-corrected chi connectivity index (χ4v) is 13.9. The van der Waals surface area contributed by atoms with E-state index in [1.54, 1.807) is 76.4 Å². The van der Waals surface area contributed by atoms with E-state index in [1.165, 1.54) is 31.1 Å². The van der Waals surface area contributed by atoms with Crippen LogP contribution in [0, 0.1) is 23.7 Å². The molecule has 0 aromatic heterocycles. The van der Waals surface area contributed by atoms with E-state index >= 15 is 0 Å². The van der Waals surface area contributed by atoms with E-state index < -0.39 is 72.9 Å². The second-order valence-corrected chi connectivity index (χ2v) is 24.9. The molecule has 0 radical (unpaired) electrons. The highest BCUT2D eigenvalue weighted by atomic mass is 33.1. The molecule has 3 aromatic carbocycles. The monoisotopic (exact) mass is 1150 g/mol. The zero-order chi connectivity index (χ0) is 58.8. The Bertz CT molecular complexity index is 2390. The minimum atomic E-state index is -1.16. The number of likely N-dealkylation sites (tertiary alicyclic amines) is 1. The van der Waals surface area contributed by atoms with E-state index in [-0.39, 0.29) is 59.9 Å². The van der Waals surface area contributed by atoms with Crippen molar-refractivity contribution in [1.82, 2.24) is 25.3 Å². The molecule has 2 aliphatic rings. The number of carbonyl (C=O) groups excluding carboxylic acids is 5. The number of ether oxygens (including phenoxy) is 4. The Kier molecular flexibility index (Phi) is 26.4. The maximum atomic E-state index is 14.8. The minimum Gasteiger partial charge on any atom is -0.445 e.